The molecule has 8 nitrogen and oxygen atoms in total. The van der Waals surface area contributed by atoms with Gasteiger partial charge in [0.1, 0.15) is 23.1 Å². The van der Waals surface area contributed by atoms with Crippen LogP contribution in [0, 0.1) is 0 Å². The number of anilines is 3. The summed E-state index contributed by atoms with van der Waals surface area (Å²) in [5, 5.41) is 15.2. The highest BCUT2D eigenvalue weighted by atomic mass is 19.4. The molecule has 176 valence electrons. The summed E-state index contributed by atoms with van der Waals surface area (Å²) < 4.78 is 52.5. The summed E-state index contributed by atoms with van der Waals surface area (Å²) in [6.45, 7) is 0.391. The normalized spacial score (nSPS) is 11.1. The molecule has 0 spiro atoms. The van der Waals surface area contributed by atoms with Gasteiger partial charge >= 0.3 is 6.36 Å². The lowest BCUT2D eigenvalue weighted by Crippen LogP contribution is -2.17. The number of aliphatic hydroxyl groups excluding tert-OH is 1. The second kappa shape index (κ2) is 10.7. The molecule has 0 unspecified atom stereocenters. The molecule has 3 rings (SSSR count). The van der Waals surface area contributed by atoms with Crippen LogP contribution >= 0.6 is 0 Å². The number of nitrogens with one attached hydrogen (secondary N) is 2. The fourth-order valence-corrected chi connectivity index (χ4v) is 2.90. The second-order valence-electron chi connectivity index (χ2n) is 6.77. The number of nitrogens with zero attached hydrogens (tertiary/aromatic N) is 2. The van der Waals surface area contributed by atoms with Crippen molar-refractivity contribution in [3.05, 3.63) is 48.5 Å². The molecule has 0 bridgehead atoms. The van der Waals surface area contributed by atoms with Gasteiger partial charge in [0.2, 0.25) is 5.95 Å². The van der Waals surface area contributed by atoms with E-state index in [1.54, 1.807) is 30.3 Å². The number of ether oxygens (including phenoxy) is 3. The van der Waals surface area contributed by atoms with Gasteiger partial charge in [0.15, 0.2) is 0 Å². The standard InChI is InChI=1S/C22H23F3N4O4/c1-31-17-10-15(11-18(12-17)32-2)27-20-13-19(28-21(29-20)26-7-4-8-30)14-5-3-6-16(9-14)33-22(23,24)25/h3,5-6,9-13,30H,4,7-8H2,1-2H3,(H2,26,27,28,29). The van der Waals surface area contributed by atoms with Gasteiger partial charge in [0, 0.05) is 48.7 Å². The van der Waals surface area contributed by atoms with E-state index in [9.17, 15) is 13.2 Å². The van der Waals surface area contributed by atoms with Crippen LogP contribution in [0.3, 0.4) is 0 Å². The largest absolute Gasteiger partial charge is 0.573 e. The summed E-state index contributed by atoms with van der Waals surface area (Å²) >= 11 is 0. The van der Waals surface area contributed by atoms with Crippen LogP contribution in [0.2, 0.25) is 0 Å². The van der Waals surface area contributed by atoms with Crippen molar-refractivity contribution in [3.8, 4) is 28.5 Å². The molecule has 0 aliphatic rings. The van der Waals surface area contributed by atoms with Crippen molar-refractivity contribution >= 4 is 17.5 Å². The van der Waals surface area contributed by atoms with E-state index in [0.29, 0.717) is 47.2 Å². The fourth-order valence-electron chi connectivity index (χ4n) is 2.90. The smallest absolute Gasteiger partial charge is 0.497 e. The average Bonchev–Trinajstić information content (AvgIpc) is 2.78. The predicted octanol–water partition coefficient (Wildman–Crippen LogP) is 4.60. The second-order valence-corrected chi connectivity index (χ2v) is 6.77. The predicted molar refractivity (Wildman–Crippen MR) is 117 cm³/mol. The number of rotatable bonds is 10. The van der Waals surface area contributed by atoms with Gasteiger partial charge in [-0.2, -0.15) is 4.98 Å². The number of aliphatic hydroxyl groups is 1. The minimum atomic E-state index is -4.81. The zero-order valence-electron chi connectivity index (χ0n) is 17.9. The van der Waals surface area contributed by atoms with Gasteiger partial charge < -0.3 is 30.0 Å². The summed E-state index contributed by atoms with van der Waals surface area (Å²) in [5.41, 5.74) is 1.38. The van der Waals surface area contributed by atoms with Crippen molar-refractivity contribution in [3.63, 3.8) is 0 Å². The Morgan fingerprint density at radius 2 is 1.67 bits per heavy atom. The Hall–Kier alpha value is -3.73. The van der Waals surface area contributed by atoms with E-state index in [0.717, 1.165) is 0 Å². The highest BCUT2D eigenvalue weighted by molar-refractivity contribution is 5.69. The molecule has 1 aromatic heterocycles. The van der Waals surface area contributed by atoms with E-state index < -0.39 is 6.36 Å². The minimum Gasteiger partial charge on any atom is -0.497 e. The molecule has 0 amide bonds. The zero-order chi connectivity index (χ0) is 23.8. The first-order valence-electron chi connectivity index (χ1n) is 9.89. The molecule has 0 saturated heterocycles. The van der Waals surface area contributed by atoms with Crippen molar-refractivity contribution in [1.29, 1.82) is 0 Å². The number of hydrogen-bond donors (Lipinski definition) is 3. The third-order valence-corrected chi connectivity index (χ3v) is 4.33. The lowest BCUT2D eigenvalue weighted by molar-refractivity contribution is -0.274. The number of benzene rings is 2. The molecule has 0 fully saturated rings. The van der Waals surface area contributed by atoms with E-state index in [-0.39, 0.29) is 18.3 Å². The summed E-state index contributed by atoms with van der Waals surface area (Å²) in [4.78, 5) is 8.80. The van der Waals surface area contributed by atoms with Gasteiger partial charge in [-0.15, -0.1) is 13.2 Å². The van der Waals surface area contributed by atoms with Gasteiger partial charge in [0.05, 0.1) is 19.9 Å². The molecular formula is C22H23F3N4O4. The minimum absolute atomic E-state index is 0.0156. The van der Waals surface area contributed by atoms with E-state index >= 15 is 0 Å². The Morgan fingerprint density at radius 1 is 0.939 bits per heavy atom. The molecule has 33 heavy (non-hydrogen) atoms. The summed E-state index contributed by atoms with van der Waals surface area (Å²) in [6, 6.07) is 12.3. The SMILES string of the molecule is COc1cc(Nc2cc(-c3cccc(OC(F)(F)F)c3)nc(NCCCO)n2)cc(OC)c1. The highest BCUT2D eigenvalue weighted by Gasteiger charge is 2.31. The van der Waals surface area contributed by atoms with Gasteiger partial charge in [-0.3, -0.25) is 0 Å². The number of alkyl halides is 3. The Balaban J connectivity index is 1.97. The number of halogens is 3. The summed E-state index contributed by atoms with van der Waals surface area (Å²) in [7, 11) is 3.06. The molecule has 0 aliphatic carbocycles. The van der Waals surface area contributed by atoms with Crippen LogP contribution in [0.4, 0.5) is 30.6 Å². The van der Waals surface area contributed by atoms with Crippen molar-refractivity contribution in [1.82, 2.24) is 9.97 Å². The lowest BCUT2D eigenvalue weighted by atomic mass is 10.1. The molecule has 0 radical (unpaired) electrons. The van der Waals surface area contributed by atoms with Crippen molar-refractivity contribution in [2.45, 2.75) is 12.8 Å². The van der Waals surface area contributed by atoms with Crippen LogP contribution in [-0.4, -0.2) is 48.8 Å². The molecule has 0 saturated carbocycles. The number of methoxy groups -OCH3 is 2. The van der Waals surface area contributed by atoms with Crippen molar-refractivity contribution in [2.75, 3.05) is 38.0 Å². The molecule has 0 aliphatic heterocycles. The van der Waals surface area contributed by atoms with E-state index in [1.807, 2.05) is 0 Å². The van der Waals surface area contributed by atoms with Crippen LogP contribution in [-0.2, 0) is 0 Å². The average molecular weight is 464 g/mol. The molecule has 2 aromatic carbocycles. The van der Waals surface area contributed by atoms with Crippen LogP contribution in [0.15, 0.2) is 48.5 Å². The van der Waals surface area contributed by atoms with Crippen LogP contribution < -0.4 is 24.8 Å². The maximum absolute atomic E-state index is 12.6. The third-order valence-electron chi connectivity index (χ3n) is 4.33. The quantitative estimate of drug-likeness (QED) is 0.375. The number of hydrogen-bond acceptors (Lipinski definition) is 8. The Morgan fingerprint density at radius 3 is 2.30 bits per heavy atom. The molecule has 3 N–H and O–H groups in total. The first kappa shape index (κ1) is 23.9. The maximum atomic E-state index is 12.6. The Kier molecular flexibility index (Phi) is 7.78. The van der Waals surface area contributed by atoms with E-state index in [2.05, 4.69) is 25.3 Å². The number of aromatic nitrogens is 2. The van der Waals surface area contributed by atoms with Crippen LogP contribution in [0.5, 0.6) is 17.2 Å². The van der Waals surface area contributed by atoms with Gasteiger partial charge in [-0.25, -0.2) is 4.98 Å². The van der Waals surface area contributed by atoms with E-state index in [4.69, 9.17) is 14.6 Å². The summed E-state index contributed by atoms with van der Waals surface area (Å²) in [6.07, 6.45) is -4.34. The van der Waals surface area contributed by atoms with Crippen molar-refractivity contribution in [2.24, 2.45) is 0 Å². The molecule has 11 heteroatoms. The lowest BCUT2D eigenvalue weighted by Gasteiger charge is -2.14. The zero-order valence-corrected chi connectivity index (χ0v) is 17.9. The molecular weight excluding hydrogens is 441 g/mol. The van der Waals surface area contributed by atoms with Crippen LogP contribution in [0.25, 0.3) is 11.3 Å². The van der Waals surface area contributed by atoms with Gasteiger partial charge in [0.25, 0.3) is 0 Å². The molecule has 1 heterocycles. The molecule has 0 atom stereocenters. The fraction of sp³-hybridized carbons (Fsp3) is 0.273. The van der Waals surface area contributed by atoms with E-state index in [1.165, 1.54) is 32.4 Å². The summed E-state index contributed by atoms with van der Waals surface area (Å²) in [5.74, 6) is 1.37. The monoisotopic (exact) mass is 464 g/mol. The van der Waals surface area contributed by atoms with Gasteiger partial charge in [-0.05, 0) is 18.6 Å². The van der Waals surface area contributed by atoms with Crippen molar-refractivity contribution < 1.29 is 32.5 Å². The third kappa shape index (κ3) is 7.14. The highest BCUT2D eigenvalue weighted by Crippen LogP contribution is 2.31. The van der Waals surface area contributed by atoms with Gasteiger partial charge in [-0.1, -0.05) is 12.1 Å². The first-order chi connectivity index (χ1) is 15.8. The maximum Gasteiger partial charge on any atom is 0.573 e. The molecule has 3 aromatic rings. The Bertz CT molecular complexity index is 1060. The Labute approximate surface area is 188 Å². The first-order valence-corrected chi connectivity index (χ1v) is 9.89. The van der Waals surface area contributed by atoms with Crippen LogP contribution in [0.1, 0.15) is 6.42 Å². The topological polar surface area (TPSA) is 97.8 Å².